The molecular formula is C18H21N3O2. The minimum Gasteiger partial charge on any atom is -0.497 e. The average Bonchev–Trinajstić information content (AvgIpc) is 3.18. The molecule has 2 heterocycles. The molecule has 0 aliphatic heterocycles. The summed E-state index contributed by atoms with van der Waals surface area (Å²) < 4.78 is 10.6. The molecule has 1 aliphatic carbocycles. The molecule has 23 heavy (non-hydrogen) atoms. The van der Waals surface area contributed by atoms with E-state index in [0.29, 0.717) is 5.92 Å². The van der Waals surface area contributed by atoms with Crippen LogP contribution in [0.25, 0.3) is 22.2 Å². The predicted octanol–water partition coefficient (Wildman–Crippen LogP) is 4.46. The second kappa shape index (κ2) is 5.65. The van der Waals surface area contributed by atoms with E-state index in [1.165, 1.54) is 37.8 Å². The van der Waals surface area contributed by atoms with Crippen LogP contribution in [0.1, 0.15) is 43.7 Å². The maximum absolute atomic E-state index is 5.70. The van der Waals surface area contributed by atoms with Crippen molar-refractivity contribution in [3.05, 3.63) is 30.2 Å². The van der Waals surface area contributed by atoms with Crippen LogP contribution in [0.15, 0.2) is 28.9 Å². The molecule has 4 rings (SSSR count). The molecule has 0 amide bonds. The lowest BCUT2D eigenvalue weighted by Crippen LogP contribution is -2.06. The van der Waals surface area contributed by atoms with Crippen LogP contribution in [0.5, 0.6) is 5.75 Å². The summed E-state index contributed by atoms with van der Waals surface area (Å²) in [7, 11) is 1.68. The number of nitrogens with one attached hydrogen (secondary N) is 1. The van der Waals surface area contributed by atoms with Crippen LogP contribution >= 0.6 is 0 Å². The summed E-state index contributed by atoms with van der Waals surface area (Å²) in [6, 6.07) is 6.29. The van der Waals surface area contributed by atoms with E-state index in [1.807, 2.05) is 6.07 Å². The summed E-state index contributed by atoms with van der Waals surface area (Å²) in [5.74, 6) is 1.37. The van der Waals surface area contributed by atoms with Crippen molar-refractivity contribution in [2.45, 2.75) is 38.0 Å². The monoisotopic (exact) mass is 311 g/mol. The maximum atomic E-state index is 5.70. The fourth-order valence-corrected chi connectivity index (χ4v) is 3.69. The van der Waals surface area contributed by atoms with Gasteiger partial charge in [0, 0.05) is 22.2 Å². The first kappa shape index (κ1) is 14.2. The van der Waals surface area contributed by atoms with E-state index < -0.39 is 0 Å². The lowest BCUT2D eigenvalue weighted by molar-refractivity contribution is 0.415. The summed E-state index contributed by atoms with van der Waals surface area (Å²) >= 11 is 0. The van der Waals surface area contributed by atoms with Crippen LogP contribution in [0.2, 0.25) is 0 Å². The van der Waals surface area contributed by atoms with Crippen LogP contribution in [0.4, 0.5) is 6.01 Å². The topological polar surface area (TPSA) is 77.1 Å². The predicted molar refractivity (Wildman–Crippen MR) is 90.6 cm³/mol. The SMILES string of the molecule is COc1ccc2[nH]c(C3CCCCC3)c(-c3coc(N)n3)c2c1. The van der Waals surface area contributed by atoms with E-state index in [9.17, 15) is 0 Å². The Labute approximate surface area is 134 Å². The van der Waals surface area contributed by atoms with Crippen molar-refractivity contribution in [1.29, 1.82) is 0 Å². The molecule has 1 fully saturated rings. The molecule has 3 N–H and O–H groups in total. The third-order valence-corrected chi connectivity index (χ3v) is 4.83. The Morgan fingerprint density at radius 1 is 1.26 bits per heavy atom. The number of benzene rings is 1. The van der Waals surface area contributed by atoms with Crippen LogP contribution in [0, 0.1) is 0 Å². The standard InChI is InChI=1S/C18H21N3O2/c1-22-12-7-8-14-13(9-12)16(15-10-23-18(19)21-15)17(20-14)11-5-3-2-4-6-11/h7-11,20H,2-6H2,1H3,(H2,19,21). The van der Waals surface area contributed by atoms with Crippen molar-refractivity contribution in [2.75, 3.05) is 12.8 Å². The smallest absolute Gasteiger partial charge is 0.292 e. The number of methoxy groups -OCH3 is 1. The highest BCUT2D eigenvalue weighted by Crippen LogP contribution is 2.42. The average molecular weight is 311 g/mol. The van der Waals surface area contributed by atoms with Gasteiger partial charge in [0.05, 0.1) is 7.11 Å². The molecule has 0 unspecified atom stereocenters. The van der Waals surface area contributed by atoms with Gasteiger partial charge in [0.25, 0.3) is 6.01 Å². The fourth-order valence-electron chi connectivity index (χ4n) is 3.69. The van der Waals surface area contributed by atoms with Crippen molar-refractivity contribution in [1.82, 2.24) is 9.97 Å². The number of fused-ring (bicyclic) bond motifs is 1. The highest BCUT2D eigenvalue weighted by atomic mass is 16.5. The molecule has 3 aromatic rings. The molecule has 0 radical (unpaired) electrons. The fraction of sp³-hybridized carbons (Fsp3) is 0.389. The number of ether oxygens (including phenoxy) is 1. The van der Waals surface area contributed by atoms with Crippen molar-refractivity contribution < 1.29 is 9.15 Å². The molecule has 5 heteroatoms. The first-order valence-corrected chi connectivity index (χ1v) is 8.17. The number of aromatic amines is 1. The van der Waals surface area contributed by atoms with Gasteiger partial charge in [0.15, 0.2) is 0 Å². The molecule has 2 aromatic heterocycles. The third-order valence-electron chi connectivity index (χ3n) is 4.83. The van der Waals surface area contributed by atoms with E-state index in [0.717, 1.165) is 27.9 Å². The van der Waals surface area contributed by atoms with Crippen molar-refractivity contribution in [3.8, 4) is 17.0 Å². The van der Waals surface area contributed by atoms with Gasteiger partial charge in [0.2, 0.25) is 0 Å². The minimum absolute atomic E-state index is 0.201. The zero-order valence-electron chi connectivity index (χ0n) is 13.3. The minimum atomic E-state index is 0.201. The number of hydrogen-bond donors (Lipinski definition) is 2. The van der Waals surface area contributed by atoms with E-state index in [4.69, 9.17) is 14.9 Å². The summed E-state index contributed by atoms with van der Waals surface area (Å²) in [4.78, 5) is 7.98. The molecular weight excluding hydrogens is 290 g/mol. The molecule has 0 bridgehead atoms. The normalized spacial score (nSPS) is 16.0. The number of nitrogens with two attached hydrogens (primary N) is 1. The molecule has 0 saturated heterocycles. The lowest BCUT2D eigenvalue weighted by Gasteiger charge is -2.21. The van der Waals surface area contributed by atoms with Crippen LogP contribution in [-0.2, 0) is 0 Å². The first-order chi connectivity index (χ1) is 11.3. The van der Waals surface area contributed by atoms with Gasteiger partial charge in [-0.2, -0.15) is 4.98 Å². The van der Waals surface area contributed by atoms with Gasteiger partial charge in [-0.1, -0.05) is 19.3 Å². The van der Waals surface area contributed by atoms with E-state index in [-0.39, 0.29) is 6.01 Å². The molecule has 0 spiro atoms. The van der Waals surface area contributed by atoms with Gasteiger partial charge in [-0.25, -0.2) is 0 Å². The van der Waals surface area contributed by atoms with Crippen LogP contribution < -0.4 is 10.5 Å². The van der Waals surface area contributed by atoms with Crippen molar-refractivity contribution >= 4 is 16.9 Å². The van der Waals surface area contributed by atoms with Gasteiger partial charge in [0.1, 0.15) is 17.7 Å². The third kappa shape index (κ3) is 2.46. The second-order valence-corrected chi connectivity index (χ2v) is 6.23. The highest BCUT2D eigenvalue weighted by molar-refractivity contribution is 5.97. The number of oxazole rings is 1. The summed E-state index contributed by atoms with van der Waals surface area (Å²) in [5, 5.41) is 1.11. The van der Waals surface area contributed by atoms with Gasteiger partial charge >= 0.3 is 0 Å². The number of H-pyrrole nitrogens is 1. The van der Waals surface area contributed by atoms with Crippen LogP contribution in [0.3, 0.4) is 0 Å². The van der Waals surface area contributed by atoms with Gasteiger partial charge in [-0.05, 0) is 37.0 Å². The number of nitrogens with zero attached hydrogens (tertiary/aromatic N) is 1. The lowest BCUT2D eigenvalue weighted by atomic mass is 9.85. The number of nitrogen functional groups attached to an aromatic ring is 1. The van der Waals surface area contributed by atoms with E-state index in [2.05, 4.69) is 22.1 Å². The van der Waals surface area contributed by atoms with Gasteiger partial charge in [-0.15, -0.1) is 0 Å². The van der Waals surface area contributed by atoms with E-state index >= 15 is 0 Å². The Morgan fingerprint density at radius 3 is 2.78 bits per heavy atom. The van der Waals surface area contributed by atoms with E-state index in [1.54, 1.807) is 13.4 Å². The quantitative estimate of drug-likeness (QED) is 0.748. The van der Waals surface area contributed by atoms with Crippen molar-refractivity contribution in [3.63, 3.8) is 0 Å². The van der Waals surface area contributed by atoms with Gasteiger partial charge < -0.3 is 19.9 Å². The van der Waals surface area contributed by atoms with Gasteiger partial charge in [-0.3, -0.25) is 0 Å². The Morgan fingerprint density at radius 2 is 2.09 bits per heavy atom. The molecule has 120 valence electrons. The molecule has 5 nitrogen and oxygen atoms in total. The summed E-state index contributed by atoms with van der Waals surface area (Å²) in [6.07, 6.45) is 7.96. The zero-order chi connectivity index (χ0) is 15.8. The molecule has 1 aliphatic rings. The Kier molecular flexibility index (Phi) is 3.48. The molecule has 0 atom stereocenters. The Balaban J connectivity index is 1.93. The highest BCUT2D eigenvalue weighted by Gasteiger charge is 2.24. The number of hydrogen-bond acceptors (Lipinski definition) is 4. The Hall–Kier alpha value is -2.43. The second-order valence-electron chi connectivity index (χ2n) is 6.23. The largest absolute Gasteiger partial charge is 0.497 e. The number of aromatic nitrogens is 2. The van der Waals surface area contributed by atoms with Crippen molar-refractivity contribution in [2.24, 2.45) is 0 Å². The summed E-state index contributed by atoms with van der Waals surface area (Å²) in [6.45, 7) is 0. The molecule has 1 saturated carbocycles. The zero-order valence-corrected chi connectivity index (χ0v) is 13.3. The molecule has 1 aromatic carbocycles. The number of rotatable bonds is 3. The summed E-state index contributed by atoms with van der Waals surface area (Å²) in [5.41, 5.74) is 9.95. The first-order valence-electron chi connectivity index (χ1n) is 8.17. The number of anilines is 1. The Bertz CT molecular complexity index is 828. The maximum Gasteiger partial charge on any atom is 0.292 e. The van der Waals surface area contributed by atoms with Crippen LogP contribution in [-0.4, -0.2) is 17.1 Å².